The molecule has 1 aliphatic heterocycles. The van der Waals surface area contributed by atoms with Gasteiger partial charge in [-0.1, -0.05) is 53.8 Å². The van der Waals surface area contributed by atoms with Gasteiger partial charge in [0.2, 0.25) is 11.0 Å². The number of rotatable bonds is 6. The van der Waals surface area contributed by atoms with Gasteiger partial charge in [-0.25, -0.2) is 4.39 Å². The van der Waals surface area contributed by atoms with E-state index in [4.69, 9.17) is 0 Å². The van der Waals surface area contributed by atoms with Crippen molar-refractivity contribution in [3.8, 4) is 0 Å². The lowest BCUT2D eigenvalue weighted by atomic mass is 9.95. The zero-order chi connectivity index (χ0) is 20.1. The second-order valence-electron chi connectivity index (χ2n) is 7.19. The highest BCUT2D eigenvalue weighted by atomic mass is 32.1. The average molecular weight is 411 g/mol. The zero-order valence-electron chi connectivity index (χ0n) is 16.1. The number of hydrogen-bond donors (Lipinski definition) is 1. The quantitative estimate of drug-likeness (QED) is 0.658. The molecule has 0 unspecified atom stereocenters. The van der Waals surface area contributed by atoms with E-state index in [1.54, 1.807) is 12.1 Å². The summed E-state index contributed by atoms with van der Waals surface area (Å²) in [5.74, 6) is -0.328. The topological polar surface area (TPSA) is 58.1 Å². The van der Waals surface area contributed by atoms with E-state index in [1.807, 2.05) is 29.2 Å². The second kappa shape index (κ2) is 9.13. The smallest absolute Gasteiger partial charge is 0.229 e. The molecule has 2 aromatic carbocycles. The van der Waals surface area contributed by atoms with Gasteiger partial charge in [0, 0.05) is 25.4 Å². The van der Waals surface area contributed by atoms with Crippen molar-refractivity contribution in [1.29, 1.82) is 0 Å². The molecule has 29 heavy (non-hydrogen) atoms. The largest absolute Gasteiger partial charge is 0.369 e. The maximum atomic E-state index is 14.0. The third kappa shape index (κ3) is 4.98. The van der Waals surface area contributed by atoms with Crippen LogP contribution in [0.1, 0.15) is 23.4 Å². The highest BCUT2D eigenvalue weighted by Gasteiger charge is 2.26. The minimum atomic E-state index is -0.215. The Bertz CT molecular complexity index is 954. The maximum Gasteiger partial charge on any atom is 0.229 e. The molecular weight excluding hydrogens is 387 g/mol. The fraction of sp³-hybridized carbons (Fsp3) is 0.318. The average Bonchev–Trinajstić information content (AvgIpc) is 3.21. The number of amides is 1. The standard InChI is InChI=1S/C22H23FN4OS/c23-18-8-4-5-9-19(18)27-14-12-17(13-15-27)21(28)24-22-26-25-20(29-22)11-10-16-6-2-1-3-7-16/h1-9,17H,10-15H2,(H,24,26,28). The van der Waals surface area contributed by atoms with E-state index in [0.717, 1.165) is 17.8 Å². The molecule has 0 bridgehead atoms. The van der Waals surface area contributed by atoms with Crippen molar-refractivity contribution in [2.45, 2.75) is 25.7 Å². The van der Waals surface area contributed by atoms with Crippen molar-refractivity contribution in [3.05, 3.63) is 71.0 Å². The Balaban J connectivity index is 1.27. The third-order valence-corrected chi connectivity index (χ3v) is 6.12. The molecule has 150 valence electrons. The molecule has 0 saturated carbocycles. The van der Waals surface area contributed by atoms with Crippen molar-refractivity contribution in [3.63, 3.8) is 0 Å². The summed E-state index contributed by atoms with van der Waals surface area (Å²) in [4.78, 5) is 14.6. The van der Waals surface area contributed by atoms with Crippen LogP contribution in [-0.4, -0.2) is 29.2 Å². The van der Waals surface area contributed by atoms with E-state index in [0.29, 0.717) is 36.8 Å². The van der Waals surface area contributed by atoms with Gasteiger partial charge in [0.25, 0.3) is 0 Å². The van der Waals surface area contributed by atoms with Gasteiger partial charge in [-0.15, -0.1) is 10.2 Å². The number of carbonyl (C=O) groups excluding carboxylic acids is 1. The first-order valence-corrected chi connectivity index (χ1v) is 10.7. The van der Waals surface area contributed by atoms with Crippen LogP contribution in [0.2, 0.25) is 0 Å². The van der Waals surface area contributed by atoms with Gasteiger partial charge in [-0.3, -0.25) is 4.79 Å². The number of anilines is 2. The summed E-state index contributed by atoms with van der Waals surface area (Å²) >= 11 is 1.43. The minimum absolute atomic E-state index is 0.0241. The van der Waals surface area contributed by atoms with Crippen molar-refractivity contribution < 1.29 is 9.18 Å². The Morgan fingerprint density at radius 2 is 1.76 bits per heavy atom. The number of carbonyl (C=O) groups is 1. The third-order valence-electron chi connectivity index (χ3n) is 5.23. The van der Waals surface area contributed by atoms with E-state index in [9.17, 15) is 9.18 Å². The molecule has 1 amide bonds. The fourth-order valence-electron chi connectivity index (χ4n) is 3.60. The van der Waals surface area contributed by atoms with Gasteiger partial charge in [0.15, 0.2) is 0 Å². The molecule has 1 aromatic heterocycles. The number of para-hydroxylation sites is 1. The highest BCUT2D eigenvalue weighted by molar-refractivity contribution is 7.15. The summed E-state index contributed by atoms with van der Waals surface area (Å²) in [6, 6.07) is 17.0. The first kappa shape index (κ1) is 19.5. The van der Waals surface area contributed by atoms with Crippen LogP contribution in [0, 0.1) is 11.7 Å². The highest BCUT2D eigenvalue weighted by Crippen LogP contribution is 2.27. The Labute approximate surface area is 173 Å². The second-order valence-corrected chi connectivity index (χ2v) is 8.25. The van der Waals surface area contributed by atoms with Crippen LogP contribution in [0.15, 0.2) is 54.6 Å². The summed E-state index contributed by atoms with van der Waals surface area (Å²) in [5.41, 5.74) is 1.87. The van der Waals surface area contributed by atoms with E-state index in [2.05, 4.69) is 27.6 Å². The van der Waals surface area contributed by atoms with Crippen LogP contribution in [0.5, 0.6) is 0 Å². The van der Waals surface area contributed by atoms with Gasteiger partial charge in [-0.2, -0.15) is 0 Å². The number of hydrogen-bond acceptors (Lipinski definition) is 5. The molecule has 0 aliphatic carbocycles. The van der Waals surface area contributed by atoms with E-state index in [1.165, 1.54) is 23.0 Å². The number of aromatic nitrogens is 2. The van der Waals surface area contributed by atoms with Crippen LogP contribution in [0.25, 0.3) is 0 Å². The zero-order valence-corrected chi connectivity index (χ0v) is 16.9. The molecule has 1 aliphatic rings. The van der Waals surface area contributed by atoms with Crippen LogP contribution < -0.4 is 10.2 Å². The number of halogens is 1. The molecule has 1 saturated heterocycles. The molecule has 1 N–H and O–H groups in total. The Morgan fingerprint density at radius 1 is 1.03 bits per heavy atom. The summed E-state index contributed by atoms with van der Waals surface area (Å²) in [6.45, 7) is 1.33. The predicted molar refractivity (Wildman–Crippen MR) is 114 cm³/mol. The molecular formula is C22H23FN4OS. The fourth-order valence-corrected chi connectivity index (χ4v) is 4.34. The van der Waals surface area contributed by atoms with Crippen LogP contribution in [-0.2, 0) is 17.6 Å². The summed E-state index contributed by atoms with van der Waals surface area (Å²) in [5, 5.41) is 12.7. The first-order chi connectivity index (χ1) is 14.2. The number of aryl methyl sites for hydroxylation is 2. The Hall–Kier alpha value is -2.80. The summed E-state index contributed by atoms with van der Waals surface area (Å²) < 4.78 is 14.0. The van der Waals surface area contributed by atoms with Crippen molar-refractivity contribution >= 4 is 28.1 Å². The normalized spacial score (nSPS) is 14.7. The lowest BCUT2D eigenvalue weighted by Crippen LogP contribution is -2.38. The Morgan fingerprint density at radius 3 is 2.52 bits per heavy atom. The lowest BCUT2D eigenvalue weighted by molar-refractivity contribution is -0.120. The number of nitrogens with zero attached hydrogens (tertiary/aromatic N) is 3. The molecule has 1 fully saturated rings. The van der Waals surface area contributed by atoms with E-state index >= 15 is 0 Å². The van der Waals surface area contributed by atoms with Crippen LogP contribution in [0.4, 0.5) is 15.2 Å². The van der Waals surface area contributed by atoms with Crippen molar-refractivity contribution in [2.75, 3.05) is 23.3 Å². The molecule has 3 aromatic rings. The SMILES string of the molecule is O=C(Nc1nnc(CCc2ccccc2)s1)C1CCN(c2ccccc2F)CC1. The predicted octanol–water partition coefficient (Wildman–Crippen LogP) is 4.32. The van der Waals surface area contributed by atoms with Crippen molar-refractivity contribution in [2.24, 2.45) is 5.92 Å². The molecule has 5 nitrogen and oxygen atoms in total. The van der Waals surface area contributed by atoms with E-state index in [-0.39, 0.29) is 17.6 Å². The first-order valence-electron chi connectivity index (χ1n) is 9.85. The summed E-state index contributed by atoms with van der Waals surface area (Å²) in [6.07, 6.45) is 3.09. The molecule has 2 heterocycles. The molecule has 7 heteroatoms. The van der Waals surface area contributed by atoms with Gasteiger partial charge in [0.1, 0.15) is 10.8 Å². The number of benzene rings is 2. The Kier molecular flexibility index (Phi) is 6.14. The molecule has 4 rings (SSSR count). The molecule has 0 spiro atoms. The number of piperidine rings is 1. The lowest BCUT2D eigenvalue weighted by Gasteiger charge is -2.33. The maximum absolute atomic E-state index is 14.0. The van der Waals surface area contributed by atoms with E-state index < -0.39 is 0 Å². The monoisotopic (exact) mass is 410 g/mol. The summed E-state index contributed by atoms with van der Waals surface area (Å²) in [7, 11) is 0. The number of nitrogens with one attached hydrogen (secondary N) is 1. The minimum Gasteiger partial charge on any atom is -0.369 e. The van der Waals surface area contributed by atoms with Crippen LogP contribution in [0.3, 0.4) is 0 Å². The van der Waals surface area contributed by atoms with Crippen molar-refractivity contribution in [1.82, 2.24) is 10.2 Å². The van der Waals surface area contributed by atoms with Gasteiger partial charge >= 0.3 is 0 Å². The van der Waals surface area contributed by atoms with Gasteiger partial charge in [-0.05, 0) is 37.0 Å². The molecule has 0 atom stereocenters. The van der Waals surface area contributed by atoms with Gasteiger partial charge in [0.05, 0.1) is 5.69 Å². The van der Waals surface area contributed by atoms with Gasteiger partial charge < -0.3 is 10.2 Å². The van der Waals surface area contributed by atoms with Crippen LogP contribution >= 0.6 is 11.3 Å². The molecule has 0 radical (unpaired) electrons.